The fourth-order valence-corrected chi connectivity index (χ4v) is 2.30. The summed E-state index contributed by atoms with van der Waals surface area (Å²) in [6.07, 6.45) is 2.58. The lowest BCUT2D eigenvalue weighted by molar-refractivity contribution is 0.628. The van der Waals surface area contributed by atoms with Crippen molar-refractivity contribution >= 4 is 11.6 Å². The van der Waals surface area contributed by atoms with E-state index in [1.165, 1.54) is 30.5 Å². The van der Waals surface area contributed by atoms with Crippen molar-refractivity contribution in [2.45, 2.75) is 25.4 Å². The van der Waals surface area contributed by atoms with Gasteiger partial charge in [-0.3, -0.25) is 0 Å². The Hall–Kier alpha value is -1.38. The summed E-state index contributed by atoms with van der Waals surface area (Å²) >= 11 is 6.10. The van der Waals surface area contributed by atoms with E-state index in [0.29, 0.717) is 11.1 Å². The highest BCUT2D eigenvalue weighted by Gasteiger charge is 2.19. The highest BCUT2D eigenvalue weighted by Crippen LogP contribution is 2.28. The molecule has 0 aliphatic heterocycles. The molecule has 0 unspecified atom stereocenters. The molecule has 1 aliphatic carbocycles. The third kappa shape index (κ3) is 3.14. The molecular formula is C16H15ClFN. The molecule has 1 fully saturated rings. The Morgan fingerprint density at radius 2 is 1.84 bits per heavy atom. The third-order valence-corrected chi connectivity index (χ3v) is 3.70. The van der Waals surface area contributed by atoms with Crippen molar-refractivity contribution in [3.05, 3.63) is 58.9 Å². The van der Waals surface area contributed by atoms with Gasteiger partial charge in [0.05, 0.1) is 0 Å². The van der Waals surface area contributed by atoms with Crippen molar-refractivity contribution in [1.29, 1.82) is 0 Å². The molecule has 0 heterocycles. The zero-order chi connectivity index (χ0) is 13.2. The maximum Gasteiger partial charge on any atom is 0.123 e. The standard InChI is InChI=1S/C16H15ClFN/c17-16-8-5-13(18)9-15(16)12-3-1-11(2-4-12)10-19-14-6-7-14/h1-5,8-9,14,19H,6-7,10H2. The van der Waals surface area contributed by atoms with Crippen LogP contribution in [0.15, 0.2) is 42.5 Å². The predicted octanol–water partition coefficient (Wildman–Crippen LogP) is 4.40. The molecule has 1 saturated carbocycles. The zero-order valence-corrected chi connectivity index (χ0v) is 11.3. The number of rotatable bonds is 4. The smallest absolute Gasteiger partial charge is 0.123 e. The van der Waals surface area contributed by atoms with Crippen LogP contribution in [-0.2, 0) is 6.54 Å². The van der Waals surface area contributed by atoms with Crippen LogP contribution < -0.4 is 5.32 Å². The van der Waals surface area contributed by atoms with E-state index in [0.717, 1.165) is 17.7 Å². The quantitative estimate of drug-likeness (QED) is 0.872. The van der Waals surface area contributed by atoms with Crippen LogP contribution >= 0.6 is 11.6 Å². The Kier molecular flexibility index (Phi) is 3.54. The molecule has 0 aromatic heterocycles. The van der Waals surface area contributed by atoms with Crippen LogP contribution in [0.3, 0.4) is 0 Å². The molecule has 0 amide bonds. The number of hydrogen-bond donors (Lipinski definition) is 1. The van der Waals surface area contributed by atoms with Gasteiger partial charge in [-0.2, -0.15) is 0 Å². The van der Waals surface area contributed by atoms with E-state index in [2.05, 4.69) is 17.4 Å². The van der Waals surface area contributed by atoms with Gasteiger partial charge in [0.25, 0.3) is 0 Å². The second-order valence-corrected chi connectivity index (χ2v) is 5.38. The molecule has 98 valence electrons. The molecular weight excluding hydrogens is 261 g/mol. The van der Waals surface area contributed by atoms with Crippen LogP contribution in [0.1, 0.15) is 18.4 Å². The monoisotopic (exact) mass is 275 g/mol. The molecule has 2 aromatic carbocycles. The van der Waals surface area contributed by atoms with Crippen LogP contribution in [0, 0.1) is 5.82 Å². The highest BCUT2D eigenvalue weighted by atomic mass is 35.5. The van der Waals surface area contributed by atoms with Crippen LogP contribution in [0.5, 0.6) is 0 Å². The lowest BCUT2D eigenvalue weighted by Crippen LogP contribution is -2.14. The molecule has 0 radical (unpaired) electrons. The van der Waals surface area contributed by atoms with Gasteiger partial charge in [-0.15, -0.1) is 0 Å². The summed E-state index contributed by atoms with van der Waals surface area (Å²) in [7, 11) is 0. The van der Waals surface area contributed by atoms with E-state index in [1.807, 2.05) is 12.1 Å². The molecule has 1 N–H and O–H groups in total. The average molecular weight is 276 g/mol. The van der Waals surface area contributed by atoms with Gasteiger partial charge in [-0.05, 0) is 42.2 Å². The first-order valence-electron chi connectivity index (χ1n) is 6.50. The maximum absolute atomic E-state index is 13.3. The fourth-order valence-electron chi connectivity index (χ4n) is 2.07. The summed E-state index contributed by atoms with van der Waals surface area (Å²) in [4.78, 5) is 0. The SMILES string of the molecule is Fc1ccc(Cl)c(-c2ccc(CNC3CC3)cc2)c1. The fraction of sp³-hybridized carbons (Fsp3) is 0.250. The van der Waals surface area contributed by atoms with Crippen LogP contribution in [-0.4, -0.2) is 6.04 Å². The Balaban J connectivity index is 1.78. The number of halogens is 2. The molecule has 19 heavy (non-hydrogen) atoms. The van der Waals surface area contributed by atoms with E-state index in [1.54, 1.807) is 6.07 Å². The maximum atomic E-state index is 13.3. The van der Waals surface area contributed by atoms with Crippen molar-refractivity contribution in [2.75, 3.05) is 0 Å². The second-order valence-electron chi connectivity index (χ2n) is 4.98. The average Bonchev–Trinajstić information content (AvgIpc) is 3.24. The van der Waals surface area contributed by atoms with Gasteiger partial charge in [0, 0.05) is 23.2 Å². The normalized spacial score (nSPS) is 14.6. The van der Waals surface area contributed by atoms with Crippen molar-refractivity contribution in [3.8, 4) is 11.1 Å². The molecule has 0 saturated heterocycles. The minimum atomic E-state index is -0.265. The van der Waals surface area contributed by atoms with Gasteiger partial charge in [0.1, 0.15) is 5.82 Å². The van der Waals surface area contributed by atoms with Gasteiger partial charge in [-0.25, -0.2) is 4.39 Å². The van der Waals surface area contributed by atoms with Crippen LogP contribution in [0.4, 0.5) is 4.39 Å². The Morgan fingerprint density at radius 3 is 2.53 bits per heavy atom. The van der Waals surface area contributed by atoms with Gasteiger partial charge in [0.2, 0.25) is 0 Å². The first kappa shape index (κ1) is 12.6. The molecule has 3 rings (SSSR count). The molecule has 0 bridgehead atoms. The summed E-state index contributed by atoms with van der Waals surface area (Å²) in [6, 6.07) is 13.2. The summed E-state index contributed by atoms with van der Waals surface area (Å²) in [5.41, 5.74) is 2.92. The molecule has 1 aliphatic rings. The summed E-state index contributed by atoms with van der Waals surface area (Å²) in [5, 5.41) is 4.04. The van der Waals surface area contributed by atoms with E-state index in [9.17, 15) is 4.39 Å². The highest BCUT2D eigenvalue weighted by molar-refractivity contribution is 6.33. The summed E-state index contributed by atoms with van der Waals surface area (Å²) < 4.78 is 13.3. The van der Waals surface area contributed by atoms with Crippen molar-refractivity contribution < 1.29 is 4.39 Å². The first-order valence-corrected chi connectivity index (χ1v) is 6.88. The Morgan fingerprint density at radius 1 is 1.11 bits per heavy atom. The molecule has 0 atom stereocenters. The molecule has 1 nitrogen and oxygen atoms in total. The first-order chi connectivity index (χ1) is 9.22. The van der Waals surface area contributed by atoms with Gasteiger partial charge < -0.3 is 5.32 Å². The zero-order valence-electron chi connectivity index (χ0n) is 10.5. The van der Waals surface area contributed by atoms with Crippen molar-refractivity contribution in [1.82, 2.24) is 5.32 Å². The van der Waals surface area contributed by atoms with E-state index >= 15 is 0 Å². The van der Waals surface area contributed by atoms with Gasteiger partial charge >= 0.3 is 0 Å². The van der Waals surface area contributed by atoms with Gasteiger partial charge in [-0.1, -0.05) is 35.9 Å². The number of nitrogens with one attached hydrogen (secondary N) is 1. The van der Waals surface area contributed by atoms with Gasteiger partial charge in [0.15, 0.2) is 0 Å². The van der Waals surface area contributed by atoms with E-state index in [4.69, 9.17) is 11.6 Å². The van der Waals surface area contributed by atoms with Crippen molar-refractivity contribution in [2.24, 2.45) is 0 Å². The molecule has 0 spiro atoms. The number of hydrogen-bond acceptors (Lipinski definition) is 1. The molecule has 3 heteroatoms. The third-order valence-electron chi connectivity index (χ3n) is 3.37. The second kappa shape index (κ2) is 5.32. The lowest BCUT2D eigenvalue weighted by Gasteiger charge is -2.07. The minimum absolute atomic E-state index is 0.265. The van der Waals surface area contributed by atoms with E-state index in [-0.39, 0.29) is 5.82 Å². The van der Waals surface area contributed by atoms with E-state index < -0.39 is 0 Å². The largest absolute Gasteiger partial charge is 0.310 e. The lowest BCUT2D eigenvalue weighted by atomic mass is 10.0. The van der Waals surface area contributed by atoms with Crippen LogP contribution in [0.2, 0.25) is 5.02 Å². The summed E-state index contributed by atoms with van der Waals surface area (Å²) in [6.45, 7) is 0.891. The minimum Gasteiger partial charge on any atom is -0.310 e. The Bertz CT molecular complexity index is 576. The number of benzene rings is 2. The van der Waals surface area contributed by atoms with Crippen molar-refractivity contribution in [3.63, 3.8) is 0 Å². The van der Waals surface area contributed by atoms with Crippen LogP contribution in [0.25, 0.3) is 11.1 Å². The molecule has 2 aromatic rings. The summed E-state index contributed by atoms with van der Waals surface area (Å²) in [5.74, 6) is -0.265. The topological polar surface area (TPSA) is 12.0 Å². The predicted molar refractivity (Wildman–Crippen MR) is 76.7 cm³/mol. The Labute approximate surface area is 117 Å².